The molecule has 0 saturated carbocycles. The molecule has 0 radical (unpaired) electrons. The molecule has 1 atom stereocenters. The van der Waals surface area contributed by atoms with Gasteiger partial charge in [0.2, 0.25) is 5.95 Å². The molecule has 0 bridgehead atoms. The van der Waals surface area contributed by atoms with E-state index in [4.69, 9.17) is 4.74 Å². The summed E-state index contributed by atoms with van der Waals surface area (Å²) in [7, 11) is 6.11. The maximum atomic E-state index is 5.79. The molecule has 0 spiro atoms. The summed E-state index contributed by atoms with van der Waals surface area (Å²) in [5.74, 6) is 2.47. The van der Waals surface area contributed by atoms with E-state index in [0.717, 1.165) is 38.0 Å². The average Bonchev–Trinajstić information content (AvgIpc) is 2.70. The first-order valence-corrected chi connectivity index (χ1v) is 6.88. The number of hydrogen-bond acceptors (Lipinski definition) is 5. The highest BCUT2D eigenvalue weighted by Crippen LogP contribution is 2.19. The monoisotopic (exact) mass is 267 g/mol. The zero-order valence-electron chi connectivity index (χ0n) is 12.6. The van der Waals surface area contributed by atoms with Crippen LogP contribution in [0.4, 0.5) is 5.95 Å². The van der Waals surface area contributed by atoms with Crippen molar-refractivity contribution < 1.29 is 4.74 Å². The van der Waals surface area contributed by atoms with E-state index >= 15 is 0 Å². The van der Waals surface area contributed by atoms with Crippen LogP contribution in [0.1, 0.15) is 19.7 Å². The normalized spacial score (nSPS) is 20.6. The predicted molar refractivity (Wildman–Crippen MR) is 75.2 cm³/mol. The van der Waals surface area contributed by atoms with Gasteiger partial charge >= 0.3 is 0 Å². The molecule has 6 heteroatoms. The van der Waals surface area contributed by atoms with Crippen molar-refractivity contribution in [2.24, 2.45) is 13.0 Å². The Hall–Kier alpha value is -1.14. The van der Waals surface area contributed by atoms with Gasteiger partial charge in [0, 0.05) is 20.1 Å². The van der Waals surface area contributed by atoms with E-state index in [9.17, 15) is 0 Å². The molecule has 1 aromatic heterocycles. The summed E-state index contributed by atoms with van der Waals surface area (Å²) in [6.45, 7) is 7.74. The second-order valence-electron chi connectivity index (χ2n) is 5.81. The lowest BCUT2D eigenvalue weighted by Gasteiger charge is -2.35. The molecule has 0 N–H and O–H groups in total. The third-order valence-electron chi connectivity index (χ3n) is 3.52. The van der Waals surface area contributed by atoms with Crippen molar-refractivity contribution in [2.75, 3.05) is 38.7 Å². The molecule has 1 unspecified atom stereocenters. The van der Waals surface area contributed by atoms with Gasteiger partial charge in [0.25, 0.3) is 0 Å². The van der Waals surface area contributed by atoms with Crippen molar-refractivity contribution in [3.05, 3.63) is 5.82 Å². The molecule has 2 rings (SSSR count). The molecule has 1 saturated heterocycles. The van der Waals surface area contributed by atoms with Gasteiger partial charge in [-0.1, -0.05) is 13.8 Å². The van der Waals surface area contributed by atoms with E-state index in [1.165, 1.54) is 0 Å². The number of morpholine rings is 1. The SMILES string of the molecule is CC(C)C1CN(c2nnc(CN(C)C)n2C)CCO1. The molecule has 0 amide bonds. The van der Waals surface area contributed by atoms with Gasteiger partial charge in [-0.05, 0) is 20.0 Å². The second kappa shape index (κ2) is 5.88. The van der Waals surface area contributed by atoms with Crippen molar-refractivity contribution in [1.82, 2.24) is 19.7 Å². The second-order valence-corrected chi connectivity index (χ2v) is 5.81. The summed E-state index contributed by atoms with van der Waals surface area (Å²) < 4.78 is 7.88. The fraction of sp³-hybridized carbons (Fsp3) is 0.846. The van der Waals surface area contributed by atoms with Crippen LogP contribution in [0.2, 0.25) is 0 Å². The van der Waals surface area contributed by atoms with Gasteiger partial charge in [-0.15, -0.1) is 10.2 Å². The van der Waals surface area contributed by atoms with Crippen LogP contribution in [0.3, 0.4) is 0 Å². The van der Waals surface area contributed by atoms with E-state index in [-0.39, 0.29) is 6.10 Å². The number of anilines is 1. The number of rotatable bonds is 4. The van der Waals surface area contributed by atoms with Crippen LogP contribution < -0.4 is 4.90 Å². The Morgan fingerprint density at radius 3 is 2.74 bits per heavy atom. The zero-order valence-corrected chi connectivity index (χ0v) is 12.6. The standard InChI is InChI=1S/C13H25N5O/c1-10(2)11-8-18(6-7-19-11)13-15-14-12(17(13)5)9-16(3)4/h10-11H,6-9H2,1-5H3. The van der Waals surface area contributed by atoms with Crippen LogP contribution in [0, 0.1) is 5.92 Å². The minimum Gasteiger partial charge on any atom is -0.374 e. The predicted octanol–water partition coefficient (Wildman–Crippen LogP) is 0.738. The Balaban J connectivity index is 2.11. The van der Waals surface area contributed by atoms with Gasteiger partial charge in [0.15, 0.2) is 0 Å². The van der Waals surface area contributed by atoms with Crippen LogP contribution in [0.15, 0.2) is 0 Å². The first kappa shape index (κ1) is 14.3. The first-order valence-electron chi connectivity index (χ1n) is 6.88. The minimum absolute atomic E-state index is 0.280. The van der Waals surface area contributed by atoms with E-state index in [1.54, 1.807) is 0 Å². The fourth-order valence-corrected chi connectivity index (χ4v) is 2.31. The maximum absolute atomic E-state index is 5.79. The van der Waals surface area contributed by atoms with E-state index < -0.39 is 0 Å². The largest absolute Gasteiger partial charge is 0.374 e. The van der Waals surface area contributed by atoms with Crippen molar-refractivity contribution >= 4 is 5.95 Å². The molecular formula is C13H25N5O. The third-order valence-corrected chi connectivity index (χ3v) is 3.52. The average molecular weight is 267 g/mol. The van der Waals surface area contributed by atoms with Gasteiger partial charge in [0.05, 0.1) is 19.3 Å². The lowest BCUT2D eigenvalue weighted by molar-refractivity contribution is 0.0107. The third kappa shape index (κ3) is 3.25. The molecule has 6 nitrogen and oxygen atoms in total. The quantitative estimate of drug-likeness (QED) is 0.805. The highest BCUT2D eigenvalue weighted by Gasteiger charge is 2.26. The minimum atomic E-state index is 0.280. The van der Waals surface area contributed by atoms with Gasteiger partial charge in [-0.3, -0.25) is 4.57 Å². The van der Waals surface area contributed by atoms with E-state index in [2.05, 4.69) is 38.4 Å². The van der Waals surface area contributed by atoms with E-state index in [1.807, 2.05) is 21.1 Å². The van der Waals surface area contributed by atoms with Gasteiger partial charge < -0.3 is 14.5 Å². The van der Waals surface area contributed by atoms with Crippen LogP contribution in [0.25, 0.3) is 0 Å². The van der Waals surface area contributed by atoms with Gasteiger partial charge in [0.1, 0.15) is 5.82 Å². The lowest BCUT2D eigenvalue weighted by atomic mass is 10.1. The summed E-state index contributed by atoms with van der Waals surface area (Å²) in [6.07, 6.45) is 0.280. The van der Waals surface area contributed by atoms with Crippen LogP contribution in [-0.4, -0.2) is 59.6 Å². The lowest BCUT2D eigenvalue weighted by Crippen LogP contribution is -2.45. The number of ether oxygens (including phenoxy) is 1. The molecule has 1 aliphatic heterocycles. The van der Waals surface area contributed by atoms with Crippen molar-refractivity contribution in [3.8, 4) is 0 Å². The Morgan fingerprint density at radius 2 is 2.11 bits per heavy atom. The molecule has 1 fully saturated rings. The first-order chi connectivity index (χ1) is 8.99. The van der Waals surface area contributed by atoms with Crippen molar-refractivity contribution in [2.45, 2.75) is 26.5 Å². The molecular weight excluding hydrogens is 242 g/mol. The van der Waals surface area contributed by atoms with Crippen molar-refractivity contribution in [3.63, 3.8) is 0 Å². The Kier molecular flexibility index (Phi) is 4.42. The van der Waals surface area contributed by atoms with Crippen LogP contribution in [-0.2, 0) is 18.3 Å². The van der Waals surface area contributed by atoms with Crippen LogP contribution >= 0.6 is 0 Å². The molecule has 19 heavy (non-hydrogen) atoms. The summed E-state index contributed by atoms with van der Waals surface area (Å²) in [5.41, 5.74) is 0. The molecule has 1 aromatic rings. The molecule has 1 aliphatic rings. The highest BCUT2D eigenvalue weighted by atomic mass is 16.5. The summed E-state index contributed by atoms with van der Waals surface area (Å²) in [4.78, 5) is 4.38. The van der Waals surface area contributed by atoms with E-state index in [0.29, 0.717) is 5.92 Å². The maximum Gasteiger partial charge on any atom is 0.227 e. The number of hydrogen-bond donors (Lipinski definition) is 0. The van der Waals surface area contributed by atoms with Gasteiger partial charge in [-0.2, -0.15) is 0 Å². The zero-order chi connectivity index (χ0) is 14.0. The Labute approximate surface area is 115 Å². The topological polar surface area (TPSA) is 46.4 Å². The summed E-state index contributed by atoms with van der Waals surface area (Å²) in [5, 5.41) is 8.63. The molecule has 0 aromatic carbocycles. The smallest absolute Gasteiger partial charge is 0.227 e. The summed E-state index contributed by atoms with van der Waals surface area (Å²) in [6, 6.07) is 0. The number of aromatic nitrogens is 3. The number of nitrogens with zero attached hydrogens (tertiary/aromatic N) is 5. The molecule has 2 heterocycles. The Bertz CT molecular complexity index is 415. The highest BCUT2D eigenvalue weighted by molar-refractivity contribution is 5.31. The fourth-order valence-electron chi connectivity index (χ4n) is 2.31. The Morgan fingerprint density at radius 1 is 1.37 bits per heavy atom. The molecule has 108 valence electrons. The van der Waals surface area contributed by atoms with Crippen molar-refractivity contribution in [1.29, 1.82) is 0 Å². The van der Waals surface area contributed by atoms with Crippen LogP contribution in [0.5, 0.6) is 0 Å². The summed E-state index contributed by atoms with van der Waals surface area (Å²) >= 11 is 0. The molecule has 0 aliphatic carbocycles. The van der Waals surface area contributed by atoms with Gasteiger partial charge in [-0.25, -0.2) is 0 Å².